The van der Waals surface area contributed by atoms with Gasteiger partial charge in [-0.2, -0.15) is 0 Å². The summed E-state index contributed by atoms with van der Waals surface area (Å²) in [6, 6.07) is 0. The van der Waals surface area contributed by atoms with Crippen LogP contribution in [0.1, 0.15) is 48.0 Å². The summed E-state index contributed by atoms with van der Waals surface area (Å²) in [5.41, 5.74) is -3.02. The third-order valence-corrected chi connectivity index (χ3v) is 3.79. The van der Waals surface area contributed by atoms with Crippen molar-refractivity contribution < 1.29 is 42.9 Å². The van der Waals surface area contributed by atoms with Gasteiger partial charge in [-0.1, -0.05) is 6.08 Å². The molecule has 0 spiro atoms. The van der Waals surface area contributed by atoms with Crippen molar-refractivity contribution in [3.05, 3.63) is 12.2 Å². The first-order valence-electron chi connectivity index (χ1n) is 8.49. The molecule has 1 aliphatic heterocycles. The normalized spacial score (nSPS) is 26.0. The smallest absolute Gasteiger partial charge is 0.434 e. The maximum atomic E-state index is 12.6. The number of hydrogen-bond acceptors (Lipinski definition) is 9. The highest BCUT2D eigenvalue weighted by molar-refractivity contribution is 6.07. The highest BCUT2D eigenvalue weighted by Crippen LogP contribution is 2.40. The van der Waals surface area contributed by atoms with Gasteiger partial charge in [0.2, 0.25) is 0 Å². The monoisotopic (exact) mass is 384 g/mol. The maximum absolute atomic E-state index is 12.6. The van der Waals surface area contributed by atoms with Gasteiger partial charge in [-0.25, -0.2) is 14.4 Å². The molecular formula is C18H24O9. The minimum absolute atomic E-state index is 0.0111. The summed E-state index contributed by atoms with van der Waals surface area (Å²) in [7, 11) is 0. The van der Waals surface area contributed by atoms with E-state index < -0.39 is 53.1 Å². The molecule has 27 heavy (non-hydrogen) atoms. The third kappa shape index (κ3) is 4.58. The van der Waals surface area contributed by atoms with Crippen LogP contribution in [-0.2, 0) is 38.1 Å². The van der Waals surface area contributed by atoms with Crippen molar-refractivity contribution in [3.8, 4) is 0 Å². The molecule has 1 fully saturated rings. The largest absolute Gasteiger partial charge is 0.509 e. The summed E-state index contributed by atoms with van der Waals surface area (Å²) in [4.78, 5) is 48.6. The average molecular weight is 384 g/mol. The van der Waals surface area contributed by atoms with E-state index in [4.69, 9.17) is 23.7 Å². The second-order valence-corrected chi connectivity index (χ2v) is 7.86. The predicted molar refractivity (Wildman–Crippen MR) is 89.1 cm³/mol. The summed E-state index contributed by atoms with van der Waals surface area (Å²) in [5.74, 6) is -5.33. The second kappa shape index (κ2) is 6.86. The summed E-state index contributed by atoms with van der Waals surface area (Å²) in [6.45, 7) is 8.90. The van der Waals surface area contributed by atoms with Crippen LogP contribution in [-0.4, -0.2) is 47.2 Å². The molecule has 0 aromatic carbocycles. The fraction of sp³-hybridized carbons (Fsp3) is 0.667. The standard InChI is InChI=1S/C18H24O9/c1-10(19)24-18(13(20)25-17(5,6)26-14(18)21)11-7-8-12(9-11)23-15(22)27-16(2,3)4/h7-8,11-12H,9H2,1-6H3. The molecule has 9 heteroatoms. The van der Waals surface area contributed by atoms with Crippen molar-refractivity contribution in [2.24, 2.45) is 5.92 Å². The zero-order valence-electron chi connectivity index (χ0n) is 16.2. The first-order chi connectivity index (χ1) is 12.2. The Morgan fingerprint density at radius 1 is 1.11 bits per heavy atom. The zero-order valence-corrected chi connectivity index (χ0v) is 16.2. The topological polar surface area (TPSA) is 114 Å². The summed E-state index contributed by atoms with van der Waals surface area (Å²) in [6.07, 6.45) is 1.29. The summed E-state index contributed by atoms with van der Waals surface area (Å²) >= 11 is 0. The van der Waals surface area contributed by atoms with Crippen molar-refractivity contribution in [2.45, 2.75) is 71.1 Å². The van der Waals surface area contributed by atoms with Gasteiger partial charge in [0.25, 0.3) is 5.79 Å². The Morgan fingerprint density at radius 2 is 1.67 bits per heavy atom. The number of esters is 3. The molecule has 0 bridgehead atoms. The van der Waals surface area contributed by atoms with Gasteiger partial charge < -0.3 is 23.7 Å². The van der Waals surface area contributed by atoms with Crippen molar-refractivity contribution in [3.63, 3.8) is 0 Å². The van der Waals surface area contributed by atoms with E-state index in [9.17, 15) is 19.2 Å². The molecule has 0 aromatic rings. The van der Waals surface area contributed by atoms with Gasteiger partial charge in [0.1, 0.15) is 11.7 Å². The van der Waals surface area contributed by atoms with Gasteiger partial charge in [-0.15, -0.1) is 0 Å². The van der Waals surface area contributed by atoms with Crippen LogP contribution >= 0.6 is 0 Å². The molecule has 150 valence electrons. The highest BCUT2D eigenvalue weighted by atomic mass is 16.8. The first-order valence-corrected chi connectivity index (χ1v) is 8.49. The predicted octanol–water partition coefficient (Wildman–Crippen LogP) is 2.02. The molecule has 0 aromatic heterocycles. The maximum Gasteiger partial charge on any atom is 0.509 e. The molecule has 0 N–H and O–H groups in total. The van der Waals surface area contributed by atoms with Gasteiger partial charge in [0, 0.05) is 26.7 Å². The molecule has 2 aliphatic rings. The Morgan fingerprint density at radius 3 is 2.15 bits per heavy atom. The lowest BCUT2D eigenvalue weighted by molar-refractivity contribution is -0.267. The van der Waals surface area contributed by atoms with Crippen LogP contribution in [0.3, 0.4) is 0 Å². The Bertz CT molecular complexity index is 663. The second-order valence-electron chi connectivity index (χ2n) is 7.86. The average Bonchev–Trinajstić information content (AvgIpc) is 2.88. The molecule has 0 radical (unpaired) electrons. The Balaban J connectivity index is 2.19. The quantitative estimate of drug-likeness (QED) is 0.312. The van der Waals surface area contributed by atoms with Gasteiger partial charge >= 0.3 is 29.7 Å². The molecule has 2 unspecified atom stereocenters. The fourth-order valence-electron chi connectivity index (χ4n) is 2.84. The third-order valence-electron chi connectivity index (χ3n) is 3.79. The van der Waals surface area contributed by atoms with Crippen LogP contribution in [0.25, 0.3) is 0 Å². The van der Waals surface area contributed by atoms with Crippen molar-refractivity contribution in [1.82, 2.24) is 0 Å². The zero-order chi connectivity index (χ0) is 20.6. The Hall–Kier alpha value is -2.58. The molecule has 9 nitrogen and oxygen atoms in total. The van der Waals surface area contributed by atoms with Crippen LogP contribution in [0.15, 0.2) is 12.2 Å². The van der Waals surface area contributed by atoms with Crippen LogP contribution in [0, 0.1) is 5.92 Å². The van der Waals surface area contributed by atoms with Gasteiger partial charge in [-0.05, 0) is 33.3 Å². The molecular weight excluding hydrogens is 360 g/mol. The lowest BCUT2D eigenvalue weighted by atomic mass is 9.85. The summed E-state index contributed by atoms with van der Waals surface area (Å²) < 4.78 is 25.6. The van der Waals surface area contributed by atoms with Crippen LogP contribution in [0.5, 0.6) is 0 Å². The SMILES string of the molecule is CC(=O)OC1(C2C=CC(OC(=O)OC(C)(C)C)C2)C(=O)OC(C)(C)OC1=O. The van der Waals surface area contributed by atoms with Crippen LogP contribution in [0.4, 0.5) is 4.79 Å². The first kappa shape index (κ1) is 20.7. The molecule has 1 aliphatic carbocycles. The molecule has 2 rings (SSSR count). The van der Waals surface area contributed by atoms with E-state index in [2.05, 4.69) is 0 Å². The van der Waals surface area contributed by atoms with Crippen LogP contribution < -0.4 is 0 Å². The molecule has 0 saturated carbocycles. The van der Waals surface area contributed by atoms with Gasteiger partial charge in [0.05, 0.1) is 0 Å². The van der Waals surface area contributed by atoms with Gasteiger partial charge in [0.15, 0.2) is 0 Å². The number of cyclic esters (lactones) is 2. The minimum Gasteiger partial charge on any atom is -0.434 e. The van der Waals surface area contributed by atoms with E-state index in [1.54, 1.807) is 20.8 Å². The number of rotatable bonds is 3. The van der Waals surface area contributed by atoms with E-state index in [-0.39, 0.29) is 6.42 Å². The molecule has 2 atom stereocenters. The van der Waals surface area contributed by atoms with Gasteiger partial charge in [-0.3, -0.25) is 4.79 Å². The Labute approximate surface area is 156 Å². The Kier molecular flexibility index (Phi) is 5.27. The highest BCUT2D eigenvalue weighted by Gasteiger charge is 2.64. The van der Waals surface area contributed by atoms with E-state index in [1.165, 1.54) is 26.0 Å². The van der Waals surface area contributed by atoms with Crippen molar-refractivity contribution in [2.75, 3.05) is 0 Å². The number of hydrogen-bond donors (Lipinski definition) is 0. The number of carbonyl (C=O) groups excluding carboxylic acids is 4. The van der Waals surface area contributed by atoms with E-state index in [0.29, 0.717) is 0 Å². The molecule has 1 heterocycles. The van der Waals surface area contributed by atoms with E-state index >= 15 is 0 Å². The minimum atomic E-state index is -2.29. The number of carbonyl (C=O) groups is 4. The van der Waals surface area contributed by atoms with Crippen LogP contribution in [0.2, 0.25) is 0 Å². The summed E-state index contributed by atoms with van der Waals surface area (Å²) in [5, 5.41) is 0. The molecule has 0 amide bonds. The van der Waals surface area contributed by atoms with Crippen molar-refractivity contribution in [1.29, 1.82) is 0 Å². The van der Waals surface area contributed by atoms with E-state index in [1.807, 2.05) is 0 Å². The number of ether oxygens (including phenoxy) is 5. The van der Waals surface area contributed by atoms with Crippen molar-refractivity contribution >= 4 is 24.1 Å². The fourth-order valence-corrected chi connectivity index (χ4v) is 2.84. The lowest BCUT2D eigenvalue weighted by Crippen LogP contribution is -2.63. The molecule has 1 saturated heterocycles. The lowest BCUT2D eigenvalue weighted by Gasteiger charge is -2.41. The van der Waals surface area contributed by atoms with E-state index in [0.717, 1.165) is 6.92 Å².